The Morgan fingerprint density at radius 2 is 1.14 bits per heavy atom. The van der Waals surface area contributed by atoms with Crippen LogP contribution in [0.4, 0.5) is 0 Å². The number of rotatable bonds is 12. The maximum absolute atomic E-state index is 10.4. The van der Waals surface area contributed by atoms with Crippen LogP contribution in [0.15, 0.2) is 0 Å². The molecule has 22 heavy (non-hydrogen) atoms. The molecule has 2 N–H and O–H groups in total. The molecule has 0 spiro atoms. The van der Waals surface area contributed by atoms with E-state index in [4.69, 9.17) is 9.79 Å². The molecule has 0 amide bonds. The third kappa shape index (κ3) is 37.4. The molecule has 0 aromatic rings. The predicted octanol–water partition coefficient (Wildman–Crippen LogP) is 2.64. The summed E-state index contributed by atoms with van der Waals surface area (Å²) in [5, 5.41) is 0. The summed E-state index contributed by atoms with van der Waals surface area (Å²) in [5.74, 6) is 1.42. The monoisotopic (exact) mass is 346 g/mol. The van der Waals surface area contributed by atoms with Crippen molar-refractivity contribution in [2.45, 2.75) is 91.9 Å². The van der Waals surface area contributed by atoms with Crippen molar-refractivity contribution >= 4 is 7.82 Å². The van der Waals surface area contributed by atoms with Gasteiger partial charge in [0.1, 0.15) is 0 Å². The SMILES string of the molecule is CCCCCCCCCCCCOP(=O)(O)O.C[C-](C)C.[Na+]. The third-order valence-corrected chi connectivity index (χ3v) is 3.28. The molecule has 0 aromatic carbocycles. The molecule has 0 saturated carbocycles. The Balaban J connectivity index is -0.000000640. The Morgan fingerprint density at radius 3 is 1.45 bits per heavy atom. The van der Waals surface area contributed by atoms with Gasteiger partial charge in [-0.25, -0.2) is 4.57 Å². The quantitative estimate of drug-likeness (QED) is 0.247. The molecule has 0 bridgehead atoms. The first kappa shape index (κ1) is 27.9. The van der Waals surface area contributed by atoms with Crippen molar-refractivity contribution in [3.8, 4) is 0 Å². The van der Waals surface area contributed by atoms with Gasteiger partial charge < -0.3 is 15.7 Å². The zero-order valence-electron chi connectivity index (χ0n) is 15.4. The maximum atomic E-state index is 10.4. The Hall–Kier alpha value is 1.11. The zero-order valence-corrected chi connectivity index (χ0v) is 18.3. The average molecular weight is 346 g/mol. The molecule has 0 atom stereocenters. The number of phosphoric acid groups is 1. The molecule has 4 nitrogen and oxygen atoms in total. The summed E-state index contributed by atoms with van der Waals surface area (Å²) in [6.45, 7) is 8.64. The molecule has 0 aromatic heterocycles. The minimum Gasteiger partial charge on any atom is -0.323 e. The van der Waals surface area contributed by atoms with E-state index in [1.807, 2.05) is 0 Å². The zero-order chi connectivity index (χ0) is 16.6. The third-order valence-electron chi connectivity index (χ3n) is 2.76. The van der Waals surface area contributed by atoms with E-state index in [-0.39, 0.29) is 36.2 Å². The van der Waals surface area contributed by atoms with Crippen LogP contribution in [0.2, 0.25) is 0 Å². The average Bonchev–Trinajstić information content (AvgIpc) is 2.34. The van der Waals surface area contributed by atoms with E-state index in [0.717, 1.165) is 19.3 Å². The number of hydrogen-bond acceptors (Lipinski definition) is 2. The van der Waals surface area contributed by atoms with Crippen LogP contribution in [0.1, 0.15) is 91.9 Å². The van der Waals surface area contributed by atoms with Gasteiger partial charge in [-0.3, -0.25) is 4.52 Å². The summed E-state index contributed by atoms with van der Waals surface area (Å²) in [5.41, 5.74) is 0. The molecule has 0 rings (SSSR count). The predicted molar refractivity (Wildman–Crippen MR) is 90.1 cm³/mol. The van der Waals surface area contributed by atoms with Crippen molar-refractivity contribution in [2.75, 3.05) is 6.61 Å². The Morgan fingerprint density at radius 1 is 0.818 bits per heavy atom. The first-order chi connectivity index (χ1) is 9.79. The minimum absolute atomic E-state index is 0. The summed E-state index contributed by atoms with van der Waals surface area (Å²) >= 11 is 0. The van der Waals surface area contributed by atoms with Crippen LogP contribution in [0.3, 0.4) is 0 Å². The van der Waals surface area contributed by atoms with Gasteiger partial charge in [-0.1, -0.05) is 64.7 Å². The summed E-state index contributed by atoms with van der Waals surface area (Å²) < 4.78 is 14.7. The van der Waals surface area contributed by atoms with Gasteiger partial charge in [0, 0.05) is 0 Å². The fourth-order valence-corrected chi connectivity index (χ4v) is 2.14. The van der Waals surface area contributed by atoms with Crippen LogP contribution in [0, 0.1) is 5.92 Å². The smallest absolute Gasteiger partial charge is 0.323 e. The van der Waals surface area contributed by atoms with Gasteiger partial charge >= 0.3 is 37.4 Å². The standard InChI is InChI=1S/C12H27O4P.C4H9.Na/c1-2-3-4-5-6-7-8-9-10-11-12-16-17(13,14)15;1-4(2)3;/h2-12H2,1H3,(H2,13,14,15);1-3H3;/q;-1;+1. The van der Waals surface area contributed by atoms with Crippen LogP contribution in [0.5, 0.6) is 0 Å². The number of phosphoric ester groups is 1. The molecule has 6 heteroatoms. The molecule has 0 aliphatic heterocycles. The Kier molecular flexibility index (Phi) is 25.6. The van der Waals surface area contributed by atoms with Gasteiger partial charge in [-0.2, -0.15) is 20.8 Å². The molecule has 0 aliphatic carbocycles. The number of unbranched alkanes of at least 4 members (excludes halogenated alkanes) is 9. The Labute approximate surface area is 160 Å². The van der Waals surface area contributed by atoms with Crippen LogP contribution >= 0.6 is 7.82 Å². The Bertz CT molecular complexity index is 242. The van der Waals surface area contributed by atoms with Crippen LogP contribution < -0.4 is 29.6 Å². The molecule has 0 heterocycles. The van der Waals surface area contributed by atoms with Crippen molar-refractivity contribution < 1.29 is 48.4 Å². The first-order valence-electron chi connectivity index (χ1n) is 8.26. The van der Waals surface area contributed by atoms with E-state index in [1.54, 1.807) is 0 Å². The van der Waals surface area contributed by atoms with E-state index in [2.05, 4.69) is 32.2 Å². The maximum Gasteiger partial charge on any atom is 1.00 e. The second-order valence-corrected chi connectivity index (χ2v) is 7.25. The van der Waals surface area contributed by atoms with E-state index in [1.165, 1.54) is 50.9 Å². The van der Waals surface area contributed by atoms with Crippen molar-refractivity contribution in [1.82, 2.24) is 0 Å². The normalized spacial score (nSPS) is 10.9. The van der Waals surface area contributed by atoms with Crippen LogP contribution in [-0.4, -0.2) is 16.4 Å². The molecule has 0 saturated heterocycles. The fourth-order valence-electron chi connectivity index (χ4n) is 1.77. The van der Waals surface area contributed by atoms with Crippen molar-refractivity contribution in [1.29, 1.82) is 0 Å². The number of hydrogen-bond donors (Lipinski definition) is 2. The van der Waals surface area contributed by atoms with Crippen LogP contribution in [0.25, 0.3) is 0 Å². The topological polar surface area (TPSA) is 66.8 Å². The second-order valence-electron chi connectivity index (χ2n) is 6.01. The van der Waals surface area contributed by atoms with Gasteiger partial charge in [0.2, 0.25) is 0 Å². The molecule has 0 fully saturated rings. The molecule has 130 valence electrons. The summed E-state index contributed by atoms with van der Waals surface area (Å²) in [4.78, 5) is 16.9. The van der Waals surface area contributed by atoms with Gasteiger partial charge in [0.25, 0.3) is 0 Å². The fraction of sp³-hybridized carbons (Fsp3) is 0.938. The van der Waals surface area contributed by atoms with Crippen molar-refractivity contribution in [3.63, 3.8) is 0 Å². The second kappa shape index (κ2) is 20.2. The minimum atomic E-state index is -4.24. The largest absolute Gasteiger partial charge is 1.00 e. The molecule has 0 radical (unpaired) electrons. The summed E-state index contributed by atoms with van der Waals surface area (Å²) in [7, 11) is -4.24. The molecule has 0 unspecified atom stereocenters. The van der Waals surface area contributed by atoms with Gasteiger partial charge in [-0.05, 0) is 6.42 Å². The van der Waals surface area contributed by atoms with E-state index < -0.39 is 7.82 Å². The molecular formula is C16H36NaO4P. The van der Waals surface area contributed by atoms with Gasteiger partial charge in [0.15, 0.2) is 0 Å². The molecular weight excluding hydrogens is 310 g/mol. The van der Waals surface area contributed by atoms with E-state index in [9.17, 15) is 4.57 Å². The van der Waals surface area contributed by atoms with Crippen LogP contribution in [-0.2, 0) is 9.09 Å². The van der Waals surface area contributed by atoms with E-state index >= 15 is 0 Å². The van der Waals surface area contributed by atoms with Gasteiger partial charge in [0.05, 0.1) is 6.61 Å². The first-order valence-corrected chi connectivity index (χ1v) is 9.79. The van der Waals surface area contributed by atoms with Crippen molar-refractivity contribution in [3.05, 3.63) is 5.92 Å². The van der Waals surface area contributed by atoms with E-state index in [0.29, 0.717) is 0 Å². The summed E-state index contributed by atoms with van der Waals surface area (Å²) in [6.07, 6.45) is 12.0. The van der Waals surface area contributed by atoms with Gasteiger partial charge in [-0.15, -0.1) is 0 Å². The van der Waals surface area contributed by atoms with Crippen molar-refractivity contribution in [2.24, 2.45) is 0 Å². The molecule has 0 aliphatic rings. The summed E-state index contributed by atoms with van der Waals surface area (Å²) in [6, 6.07) is 0.